The molecule has 2 aromatic heterocycles. The van der Waals surface area contributed by atoms with Gasteiger partial charge >= 0.3 is 0 Å². The second kappa shape index (κ2) is 5.01. The molecule has 6 nitrogen and oxygen atoms in total. The van der Waals surface area contributed by atoms with E-state index in [1.807, 2.05) is 13.0 Å². The van der Waals surface area contributed by atoms with E-state index in [0.717, 1.165) is 5.56 Å². The van der Waals surface area contributed by atoms with E-state index in [-0.39, 0.29) is 11.7 Å². The van der Waals surface area contributed by atoms with Gasteiger partial charge in [0.15, 0.2) is 5.13 Å². The minimum absolute atomic E-state index is 0.225. The zero-order chi connectivity index (χ0) is 13.1. The molecule has 0 aliphatic carbocycles. The first-order valence-electron chi connectivity index (χ1n) is 5.28. The largest absolute Gasteiger partial charge is 0.382 e. The fourth-order valence-electron chi connectivity index (χ4n) is 1.38. The molecule has 0 saturated heterocycles. The molecule has 2 aromatic rings. The standard InChI is InChI=1S/C11H13N5OS/c1-6-3-4-14-5-7(6)15-10(17)8-9(12)16-11(13-2)18-8/h3-5H,12H2,1-2H3,(H,13,16)(H,15,17). The molecule has 94 valence electrons. The average molecular weight is 263 g/mol. The molecule has 18 heavy (non-hydrogen) atoms. The number of hydrogen-bond acceptors (Lipinski definition) is 6. The molecular formula is C11H13N5OS. The molecule has 0 atom stereocenters. The highest BCUT2D eigenvalue weighted by Gasteiger charge is 2.16. The van der Waals surface area contributed by atoms with Gasteiger partial charge in [0, 0.05) is 13.2 Å². The van der Waals surface area contributed by atoms with Crippen LogP contribution in [-0.4, -0.2) is 22.9 Å². The quantitative estimate of drug-likeness (QED) is 0.784. The molecule has 0 aliphatic heterocycles. The molecule has 4 N–H and O–H groups in total. The number of aromatic nitrogens is 2. The molecule has 7 heteroatoms. The lowest BCUT2D eigenvalue weighted by atomic mass is 10.2. The lowest BCUT2D eigenvalue weighted by Crippen LogP contribution is -2.13. The number of aryl methyl sites for hydroxylation is 1. The summed E-state index contributed by atoms with van der Waals surface area (Å²) in [6.07, 6.45) is 3.27. The summed E-state index contributed by atoms with van der Waals surface area (Å²) in [7, 11) is 1.73. The van der Waals surface area contributed by atoms with Gasteiger partial charge < -0.3 is 16.4 Å². The Labute approximate surface area is 108 Å². The summed E-state index contributed by atoms with van der Waals surface area (Å²) in [5.41, 5.74) is 7.30. The first-order valence-corrected chi connectivity index (χ1v) is 6.09. The SMILES string of the molecule is CNc1nc(N)c(C(=O)Nc2cnccc2C)s1. The minimum atomic E-state index is -0.275. The molecule has 0 spiro atoms. The normalized spacial score (nSPS) is 10.1. The van der Waals surface area contributed by atoms with Gasteiger partial charge in [0.1, 0.15) is 10.7 Å². The summed E-state index contributed by atoms with van der Waals surface area (Å²) >= 11 is 1.21. The molecule has 0 fully saturated rings. The molecule has 0 aliphatic rings. The third kappa shape index (κ3) is 2.40. The monoisotopic (exact) mass is 263 g/mol. The fraction of sp³-hybridized carbons (Fsp3) is 0.182. The van der Waals surface area contributed by atoms with Crippen LogP contribution >= 0.6 is 11.3 Å². The zero-order valence-corrected chi connectivity index (χ0v) is 10.8. The summed E-state index contributed by atoms with van der Waals surface area (Å²) < 4.78 is 0. The minimum Gasteiger partial charge on any atom is -0.382 e. The van der Waals surface area contributed by atoms with Crippen LogP contribution in [0.25, 0.3) is 0 Å². The van der Waals surface area contributed by atoms with E-state index < -0.39 is 0 Å². The van der Waals surface area contributed by atoms with Crippen LogP contribution in [0.15, 0.2) is 18.5 Å². The van der Waals surface area contributed by atoms with Crippen LogP contribution in [0.3, 0.4) is 0 Å². The third-order valence-corrected chi connectivity index (χ3v) is 3.45. The Bertz CT molecular complexity index is 581. The van der Waals surface area contributed by atoms with Crippen LogP contribution in [0, 0.1) is 6.92 Å². The van der Waals surface area contributed by atoms with Crippen LogP contribution in [-0.2, 0) is 0 Å². The Morgan fingerprint density at radius 2 is 2.28 bits per heavy atom. The van der Waals surface area contributed by atoms with Crippen LogP contribution in [0.1, 0.15) is 15.2 Å². The maximum absolute atomic E-state index is 12.0. The van der Waals surface area contributed by atoms with Crippen molar-refractivity contribution in [2.45, 2.75) is 6.92 Å². The Morgan fingerprint density at radius 1 is 1.50 bits per heavy atom. The molecule has 0 unspecified atom stereocenters. The summed E-state index contributed by atoms with van der Waals surface area (Å²) in [5.74, 6) is -0.0500. The average Bonchev–Trinajstić information content (AvgIpc) is 2.73. The van der Waals surface area contributed by atoms with Crippen LogP contribution in [0.5, 0.6) is 0 Å². The van der Waals surface area contributed by atoms with Gasteiger partial charge in [0.25, 0.3) is 5.91 Å². The van der Waals surface area contributed by atoms with E-state index in [1.165, 1.54) is 11.3 Å². The van der Waals surface area contributed by atoms with E-state index in [2.05, 4.69) is 20.6 Å². The molecule has 2 heterocycles. The summed E-state index contributed by atoms with van der Waals surface area (Å²) in [6.45, 7) is 1.90. The number of nitrogens with two attached hydrogens (primary N) is 1. The highest BCUT2D eigenvalue weighted by atomic mass is 32.1. The summed E-state index contributed by atoms with van der Waals surface area (Å²) in [6, 6.07) is 1.82. The van der Waals surface area contributed by atoms with Gasteiger partial charge in [0.2, 0.25) is 0 Å². The first kappa shape index (κ1) is 12.3. The maximum atomic E-state index is 12.0. The number of nitrogens with one attached hydrogen (secondary N) is 2. The molecule has 2 rings (SSSR count). The second-order valence-corrected chi connectivity index (χ2v) is 4.63. The van der Waals surface area contributed by atoms with Crippen LogP contribution in [0.4, 0.5) is 16.6 Å². The molecule has 0 bridgehead atoms. The number of hydrogen-bond donors (Lipinski definition) is 3. The number of nitrogen functional groups attached to an aromatic ring is 1. The molecule has 0 aromatic carbocycles. The molecule has 0 radical (unpaired) electrons. The van der Waals surface area contributed by atoms with E-state index in [4.69, 9.17) is 5.73 Å². The molecule has 0 saturated carbocycles. The van der Waals surface area contributed by atoms with E-state index in [9.17, 15) is 4.79 Å². The smallest absolute Gasteiger partial charge is 0.269 e. The van der Waals surface area contributed by atoms with Crippen molar-refractivity contribution >= 4 is 33.9 Å². The van der Waals surface area contributed by atoms with Crippen molar-refractivity contribution in [1.29, 1.82) is 0 Å². The summed E-state index contributed by atoms with van der Waals surface area (Å²) in [4.78, 5) is 20.4. The number of thiazole rings is 1. The number of amides is 1. The van der Waals surface area contributed by atoms with Gasteiger partial charge in [-0.2, -0.15) is 0 Å². The van der Waals surface area contributed by atoms with Crippen LogP contribution < -0.4 is 16.4 Å². The van der Waals surface area contributed by atoms with Crippen molar-refractivity contribution in [3.05, 3.63) is 28.9 Å². The van der Waals surface area contributed by atoms with Gasteiger partial charge in [-0.25, -0.2) is 4.98 Å². The van der Waals surface area contributed by atoms with Gasteiger partial charge in [-0.3, -0.25) is 9.78 Å². The van der Waals surface area contributed by atoms with Crippen molar-refractivity contribution in [1.82, 2.24) is 9.97 Å². The molecule has 1 amide bonds. The predicted molar refractivity (Wildman–Crippen MR) is 73.0 cm³/mol. The highest BCUT2D eigenvalue weighted by Crippen LogP contribution is 2.25. The third-order valence-electron chi connectivity index (χ3n) is 2.36. The van der Waals surface area contributed by atoms with Crippen molar-refractivity contribution in [3.8, 4) is 0 Å². The number of anilines is 3. The Morgan fingerprint density at radius 3 is 2.89 bits per heavy atom. The first-order chi connectivity index (χ1) is 8.61. The van der Waals surface area contributed by atoms with Gasteiger partial charge in [-0.1, -0.05) is 11.3 Å². The number of carbonyl (C=O) groups is 1. The predicted octanol–water partition coefficient (Wildman–Crippen LogP) is 1.72. The van der Waals surface area contributed by atoms with Gasteiger partial charge in [-0.15, -0.1) is 0 Å². The topological polar surface area (TPSA) is 92.9 Å². The highest BCUT2D eigenvalue weighted by molar-refractivity contribution is 7.18. The van der Waals surface area contributed by atoms with Crippen LogP contribution in [0.2, 0.25) is 0 Å². The lowest BCUT2D eigenvalue weighted by Gasteiger charge is -2.05. The van der Waals surface area contributed by atoms with Gasteiger partial charge in [-0.05, 0) is 18.6 Å². The van der Waals surface area contributed by atoms with Crippen molar-refractivity contribution in [2.75, 3.05) is 23.4 Å². The summed E-state index contributed by atoms with van der Waals surface area (Å²) in [5, 5.41) is 6.23. The van der Waals surface area contributed by atoms with Crippen molar-refractivity contribution in [2.24, 2.45) is 0 Å². The Hall–Kier alpha value is -2.15. The molecular weight excluding hydrogens is 250 g/mol. The second-order valence-electron chi connectivity index (χ2n) is 3.63. The Balaban J connectivity index is 2.22. The zero-order valence-electron chi connectivity index (χ0n) is 10.0. The van der Waals surface area contributed by atoms with E-state index in [1.54, 1.807) is 19.4 Å². The van der Waals surface area contributed by atoms with E-state index >= 15 is 0 Å². The van der Waals surface area contributed by atoms with Crippen molar-refractivity contribution < 1.29 is 4.79 Å². The number of carbonyl (C=O) groups excluding carboxylic acids is 1. The number of rotatable bonds is 3. The lowest BCUT2D eigenvalue weighted by molar-refractivity contribution is 0.103. The number of pyridine rings is 1. The van der Waals surface area contributed by atoms with E-state index in [0.29, 0.717) is 15.7 Å². The Kier molecular flexibility index (Phi) is 3.42. The van der Waals surface area contributed by atoms with Gasteiger partial charge in [0.05, 0.1) is 11.9 Å². The number of nitrogens with zero attached hydrogens (tertiary/aromatic N) is 2. The van der Waals surface area contributed by atoms with Crippen molar-refractivity contribution in [3.63, 3.8) is 0 Å². The maximum Gasteiger partial charge on any atom is 0.269 e. The fourth-order valence-corrected chi connectivity index (χ4v) is 2.11.